The Hall–Kier alpha value is -1.78. The summed E-state index contributed by atoms with van der Waals surface area (Å²) in [5, 5.41) is 4.08. The van der Waals surface area contributed by atoms with Crippen molar-refractivity contribution in [3.63, 3.8) is 0 Å². The van der Waals surface area contributed by atoms with E-state index in [1.807, 2.05) is 30.3 Å². The molecule has 1 fully saturated rings. The molecule has 1 aromatic heterocycles. The quantitative estimate of drug-likeness (QED) is 0.800. The first-order chi connectivity index (χ1) is 8.53. The fourth-order valence-corrected chi connectivity index (χ4v) is 2.11. The molecule has 1 aromatic carbocycles. The topological polar surface area (TPSA) is 17.8 Å². The lowest BCUT2D eigenvalue weighted by Gasteiger charge is -2.16. The molecule has 0 bridgehead atoms. The van der Waals surface area contributed by atoms with Gasteiger partial charge in [0, 0.05) is 6.20 Å². The predicted octanol–water partition coefficient (Wildman–Crippen LogP) is 3.47. The molecule has 18 heavy (non-hydrogen) atoms. The maximum atomic E-state index is 12.9. The lowest BCUT2D eigenvalue weighted by molar-refractivity contribution is -0.161. The van der Waals surface area contributed by atoms with Crippen LogP contribution in [-0.2, 0) is 5.41 Å². The molecule has 0 aliphatic heterocycles. The molecule has 94 valence electrons. The van der Waals surface area contributed by atoms with E-state index in [1.165, 1.54) is 10.7 Å². The zero-order valence-electron chi connectivity index (χ0n) is 9.48. The SMILES string of the molecule is FC(F)(F)C1(c2ccn(-c3ccccc3)n2)CC1. The molecule has 0 amide bonds. The van der Waals surface area contributed by atoms with Crippen molar-refractivity contribution in [3.05, 3.63) is 48.3 Å². The first-order valence-electron chi connectivity index (χ1n) is 5.71. The Balaban J connectivity index is 1.96. The monoisotopic (exact) mass is 252 g/mol. The highest BCUT2D eigenvalue weighted by atomic mass is 19.4. The van der Waals surface area contributed by atoms with Crippen LogP contribution >= 0.6 is 0 Å². The molecule has 0 spiro atoms. The van der Waals surface area contributed by atoms with Gasteiger partial charge in [-0.2, -0.15) is 18.3 Å². The second-order valence-electron chi connectivity index (χ2n) is 4.56. The number of nitrogens with zero attached hydrogens (tertiary/aromatic N) is 2. The molecule has 3 rings (SSSR count). The molecular formula is C13H11F3N2. The minimum atomic E-state index is -4.21. The first kappa shape index (κ1) is 11.3. The van der Waals surface area contributed by atoms with E-state index in [0.717, 1.165) is 5.69 Å². The molecule has 2 nitrogen and oxygen atoms in total. The largest absolute Gasteiger partial charge is 0.400 e. The lowest BCUT2D eigenvalue weighted by atomic mass is 10.0. The van der Waals surface area contributed by atoms with E-state index in [1.54, 1.807) is 6.20 Å². The van der Waals surface area contributed by atoms with Crippen molar-refractivity contribution in [2.45, 2.75) is 24.4 Å². The number of hydrogen-bond donors (Lipinski definition) is 0. The maximum Gasteiger partial charge on any atom is 0.400 e. The van der Waals surface area contributed by atoms with Crippen LogP contribution in [0.5, 0.6) is 0 Å². The summed E-state index contributed by atoms with van der Waals surface area (Å²) >= 11 is 0. The molecule has 1 saturated carbocycles. The van der Waals surface area contributed by atoms with Gasteiger partial charge in [0.15, 0.2) is 0 Å². The number of hydrogen-bond acceptors (Lipinski definition) is 1. The zero-order valence-corrected chi connectivity index (χ0v) is 9.48. The number of para-hydroxylation sites is 1. The molecule has 2 aromatic rings. The number of aromatic nitrogens is 2. The van der Waals surface area contributed by atoms with Crippen LogP contribution in [0.15, 0.2) is 42.6 Å². The molecule has 0 unspecified atom stereocenters. The molecular weight excluding hydrogens is 241 g/mol. The highest BCUT2D eigenvalue weighted by molar-refractivity contribution is 5.33. The fourth-order valence-electron chi connectivity index (χ4n) is 2.11. The normalized spacial score (nSPS) is 17.7. The fraction of sp³-hybridized carbons (Fsp3) is 0.308. The molecule has 5 heteroatoms. The van der Waals surface area contributed by atoms with Gasteiger partial charge in [-0.15, -0.1) is 0 Å². The summed E-state index contributed by atoms with van der Waals surface area (Å²) in [6.45, 7) is 0. The van der Waals surface area contributed by atoms with Crippen molar-refractivity contribution >= 4 is 0 Å². The van der Waals surface area contributed by atoms with Crippen LogP contribution in [0.1, 0.15) is 18.5 Å². The smallest absolute Gasteiger partial charge is 0.241 e. The van der Waals surface area contributed by atoms with Gasteiger partial charge in [0.25, 0.3) is 0 Å². The van der Waals surface area contributed by atoms with Crippen LogP contribution in [0.2, 0.25) is 0 Å². The molecule has 1 aliphatic carbocycles. The second-order valence-corrected chi connectivity index (χ2v) is 4.56. The number of rotatable bonds is 2. The van der Waals surface area contributed by atoms with Crippen molar-refractivity contribution < 1.29 is 13.2 Å². The Morgan fingerprint density at radius 2 is 1.72 bits per heavy atom. The lowest BCUT2D eigenvalue weighted by Crippen LogP contribution is -2.29. The molecule has 0 radical (unpaired) electrons. The molecule has 0 saturated heterocycles. The summed E-state index contributed by atoms with van der Waals surface area (Å²) < 4.78 is 40.3. The first-order valence-corrected chi connectivity index (χ1v) is 5.71. The Morgan fingerprint density at radius 1 is 1.06 bits per heavy atom. The van der Waals surface area contributed by atoms with Gasteiger partial charge >= 0.3 is 6.18 Å². The molecule has 1 heterocycles. The standard InChI is InChI=1S/C13H11F3N2/c14-13(15,16)12(7-8-12)11-6-9-18(17-11)10-4-2-1-3-5-10/h1-6,9H,7-8H2. The molecule has 0 atom stereocenters. The van der Waals surface area contributed by atoms with Gasteiger partial charge in [-0.25, -0.2) is 4.68 Å². The summed E-state index contributed by atoms with van der Waals surface area (Å²) in [4.78, 5) is 0. The van der Waals surface area contributed by atoms with Crippen LogP contribution in [0, 0.1) is 0 Å². The number of benzene rings is 1. The second kappa shape index (κ2) is 3.60. The van der Waals surface area contributed by atoms with Crippen LogP contribution in [-0.4, -0.2) is 16.0 Å². The Bertz CT molecular complexity index is 553. The van der Waals surface area contributed by atoms with E-state index in [4.69, 9.17) is 0 Å². The van der Waals surface area contributed by atoms with Crippen LogP contribution in [0.25, 0.3) is 5.69 Å². The summed E-state index contributed by atoms with van der Waals surface area (Å²) in [6, 6.07) is 10.6. The van der Waals surface area contributed by atoms with E-state index in [-0.39, 0.29) is 18.5 Å². The highest BCUT2D eigenvalue weighted by Gasteiger charge is 2.65. The van der Waals surface area contributed by atoms with E-state index in [9.17, 15) is 13.2 Å². The zero-order chi connectivity index (χ0) is 12.8. The number of halogens is 3. The van der Waals surface area contributed by atoms with E-state index in [2.05, 4.69) is 5.10 Å². The summed E-state index contributed by atoms with van der Waals surface area (Å²) in [6.07, 6.45) is -2.34. The van der Waals surface area contributed by atoms with E-state index >= 15 is 0 Å². The van der Waals surface area contributed by atoms with Gasteiger partial charge in [0.05, 0.1) is 11.4 Å². The van der Waals surface area contributed by atoms with Crippen molar-refractivity contribution in [2.24, 2.45) is 0 Å². The Labute approximate surface area is 102 Å². The average molecular weight is 252 g/mol. The van der Waals surface area contributed by atoms with Gasteiger partial charge in [-0.05, 0) is 31.0 Å². The average Bonchev–Trinajstić information content (AvgIpc) is 3.03. The predicted molar refractivity (Wildman–Crippen MR) is 60.5 cm³/mol. The van der Waals surface area contributed by atoms with E-state index in [0.29, 0.717) is 0 Å². The Morgan fingerprint density at radius 3 is 2.28 bits per heavy atom. The van der Waals surface area contributed by atoms with Gasteiger partial charge in [-0.1, -0.05) is 18.2 Å². The highest BCUT2D eigenvalue weighted by Crippen LogP contribution is 2.58. The van der Waals surface area contributed by atoms with Crippen molar-refractivity contribution in [1.82, 2.24) is 9.78 Å². The van der Waals surface area contributed by atoms with Crippen molar-refractivity contribution in [3.8, 4) is 5.69 Å². The third-order valence-corrected chi connectivity index (χ3v) is 3.39. The minimum Gasteiger partial charge on any atom is -0.241 e. The van der Waals surface area contributed by atoms with Crippen LogP contribution in [0.4, 0.5) is 13.2 Å². The molecule has 0 N–H and O–H groups in total. The van der Waals surface area contributed by atoms with Gasteiger partial charge < -0.3 is 0 Å². The molecule has 1 aliphatic rings. The summed E-state index contributed by atoms with van der Waals surface area (Å²) in [7, 11) is 0. The van der Waals surface area contributed by atoms with Gasteiger partial charge in [0.1, 0.15) is 5.41 Å². The number of alkyl halides is 3. The van der Waals surface area contributed by atoms with Crippen molar-refractivity contribution in [1.29, 1.82) is 0 Å². The third-order valence-electron chi connectivity index (χ3n) is 3.39. The van der Waals surface area contributed by atoms with Crippen LogP contribution < -0.4 is 0 Å². The minimum absolute atomic E-state index is 0.124. The van der Waals surface area contributed by atoms with Crippen LogP contribution in [0.3, 0.4) is 0 Å². The van der Waals surface area contributed by atoms with Gasteiger partial charge in [-0.3, -0.25) is 0 Å². The summed E-state index contributed by atoms with van der Waals surface area (Å²) in [5.41, 5.74) is -0.812. The van der Waals surface area contributed by atoms with E-state index < -0.39 is 11.6 Å². The summed E-state index contributed by atoms with van der Waals surface area (Å²) in [5.74, 6) is 0. The maximum absolute atomic E-state index is 12.9. The Kier molecular flexibility index (Phi) is 2.27. The van der Waals surface area contributed by atoms with Gasteiger partial charge in [0.2, 0.25) is 0 Å². The van der Waals surface area contributed by atoms with Crippen molar-refractivity contribution in [2.75, 3.05) is 0 Å². The third kappa shape index (κ3) is 1.62.